The summed E-state index contributed by atoms with van der Waals surface area (Å²) in [5.74, 6) is 1.81. The third-order valence-corrected chi connectivity index (χ3v) is 3.62. The third-order valence-electron chi connectivity index (χ3n) is 3.62. The smallest absolute Gasteiger partial charge is 0.198 e. The van der Waals surface area contributed by atoms with Gasteiger partial charge in [0.05, 0.1) is 0 Å². The van der Waals surface area contributed by atoms with Crippen LogP contribution in [-0.4, -0.2) is 15.3 Å². The first-order valence-corrected chi connectivity index (χ1v) is 7.54. The van der Waals surface area contributed by atoms with Crippen LogP contribution in [0, 0.1) is 11.8 Å². The molecule has 1 rings (SSSR count). The Morgan fingerprint density at radius 2 is 2.05 bits per heavy atom. The van der Waals surface area contributed by atoms with Gasteiger partial charge in [-0.25, -0.2) is 4.98 Å². The Bertz CT molecular complexity index is 455. The Labute approximate surface area is 123 Å². The molecule has 0 spiro atoms. The molecular formula is C17H28N2O. The lowest BCUT2D eigenvalue weighted by molar-refractivity contribution is 0.0946. The Kier molecular flexibility index (Phi) is 6.69. The summed E-state index contributed by atoms with van der Waals surface area (Å²) in [7, 11) is 1.87. The van der Waals surface area contributed by atoms with Crippen LogP contribution >= 0.6 is 0 Å². The zero-order valence-electron chi connectivity index (χ0n) is 13.5. The molecule has 1 aromatic heterocycles. The second kappa shape index (κ2) is 8.03. The third kappa shape index (κ3) is 5.72. The van der Waals surface area contributed by atoms with Gasteiger partial charge in [0, 0.05) is 25.9 Å². The number of aryl methyl sites for hydroxylation is 1. The number of allylic oxidation sites excluding steroid dienone is 2. The van der Waals surface area contributed by atoms with Gasteiger partial charge in [0.15, 0.2) is 11.6 Å². The summed E-state index contributed by atoms with van der Waals surface area (Å²) >= 11 is 0. The number of carbonyl (C=O) groups excluding carboxylic acids is 1. The molecule has 3 nitrogen and oxygen atoms in total. The van der Waals surface area contributed by atoms with Crippen molar-refractivity contribution >= 4 is 5.78 Å². The molecule has 20 heavy (non-hydrogen) atoms. The number of rotatable bonds is 8. The highest BCUT2D eigenvalue weighted by Crippen LogP contribution is 2.21. The lowest BCUT2D eigenvalue weighted by Crippen LogP contribution is -2.13. The molecule has 0 fully saturated rings. The van der Waals surface area contributed by atoms with Crippen LogP contribution in [-0.2, 0) is 7.05 Å². The van der Waals surface area contributed by atoms with Gasteiger partial charge in [-0.1, -0.05) is 25.5 Å². The van der Waals surface area contributed by atoms with E-state index in [1.54, 1.807) is 10.8 Å². The van der Waals surface area contributed by atoms with Gasteiger partial charge in [-0.05, 0) is 44.9 Å². The summed E-state index contributed by atoms with van der Waals surface area (Å²) in [5.41, 5.74) is 1.38. The highest BCUT2D eigenvalue weighted by molar-refractivity contribution is 5.92. The maximum absolute atomic E-state index is 12.1. The molecule has 0 saturated carbocycles. The molecule has 0 radical (unpaired) electrons. The number of imidazole rings is 1. The van der Waals surface area contributed by atoms with E-state index in [-0.39, 0.29) is 5.78 Å². The largest absolute Gasteiger partial charge is 0.332 e. The molecule has 1 heterocycles. The number of carbonyl (C=O) groups is 1. The van der Waals surface area contributed by atoms with Gasteiger partial charge in [-0.3, -0.25) is 4.79 Å². The predicted molar refractivity (Wildman–Crippen MR) is 83.8 cm³/mol. The van der Waals surface area contributed by atoms with E-state index in [4.69, 9.17) is 0 Å². The van der Waals surface area contributed by atoms with Crippen LogP contribution < -0.4 is 0 Å². The van der Waals surface area contributed by atoms with Crippen molar-refractivity contribution in [2.75, 3.05) is 0 Å². The second-order valence-electron chi connectivity index (χ2n) is 6.29. The van der Waals surface area contributed by atoms with Gasteiger partial charge >= 0.3 is 0 Å². The topological polar surface area (TPSA) is 34.9 Å². The molecule has 0 aliphatic heterocycles. The Morgan fingerprint density at radius 3 is 2.60 bits per heavy atom. The fourth-order valence-corrected chi connectivity index (χ4v) is 2.59. The fourth-order valence-electron chi connectivity index (χ4n) is 2.59. The minimum Gasteiger partial charge on any atom is -0.332 e. The van der Waals surface area contributed by atoms with Crippen molar-refractivity contribution in [3.05, 3.63) is 29.9 Å². The standard InChI is InChI=1S/C17H28N2O/c1-13(2)7-6-8-14(3)11-15(4)12-16(20)17-18-9-10-19(17)5/h7,9-10,14-15H,6,8,11-12H2,1-5H3/t14-,15+/m0/s1. The van der Waals surface area contributed by atoms with E-state index in [2.05, 4.69) is 38.8 Å². The van der Waals surface area contributed by atoms with E-state index < -0.39 is 0 Å². The number of Topliss-reactive ketones (excluding diaryl/α,β-unsaturated/α-hetero) is 1. The molecule has 112 valence electrons. The van der Waals surface area contributed by atoms with E-state index in [1.807, 2.05) is 13.2 Å². The van der Waals surface area contributed by atoms with E-state index >= 15 is 0 Å². The van der Waals surface area contributed by atoms with Gasteiger partial charge in [0.1, 0.15) is 0 Å². The van der Waals surface area contributed by atoms with Gasteiger partial charge in [0.2, 0.25) is 0 Å². The first-order chi connectivity index (χ1) is 9.40. The first-order valence-electron chi connectivity index (χ1n) is 7.54. The minimum absolute atomic E-state index is 0.154. The average Bonchev–Trinajstić information content (AvgIpc) is 2.74. The summed E-state index contributed by atoms with van der Waals surface area (Å²) in [6.07, 6.45) is 9.83. The lowest BCUT2D eigenvalue weighted by atomic mass is 9.90. The first kappa shape index (κ1) is 16.7. The molecule has 0 bridgehead atoms. The fraction of sp³-hybridized carbons (Fsp3) is 0.647. The molecule has 0 unspecified atom stereocenters. The Hall–Kier alpha value is -1.38. The summed E-state index contributed by atoms with van der Waals surface area (Å²) in [4.78, 5) is 16.3. The summed E-state index contributed by atoms with van der Waals surface area (Å²) < 4.78 is 1.80. The highest BCUT2D eigenvalue weighted by atomic mass is 16.1. The molecule has 0 N–H and O–H groups in total. The van der Waals surface area contributed by atoms with Crippen molar-refractivity contribution in [3.8, 4) is 0 Å². The second-order valence-corrected chi connectivity index (χ2v) is 6.29. The van der Waals surface area contributed by atoms with E-state index in [9.17, 15) is 4.79 Å². The number of aromatic nitrogens is 2. The molecular weight excluding hydrogens is 248 g/mol. The van der Waals surface area contributed by atoms with Crippen molar-refractivity contribution in [1.82, 2.24) is 9.55 Å². The van der Waals surface area contributed by atoms with Crippen molar-refractivity contribution < 1.29 is 4.79 Å². The molecule has 2 atom stereocenters. The van der Waals surface area contributed by atoms with Crippen molar-refractivity contribution in [2.45, 2.75) is 53.4 Å². The van der Waals surface area contributed by atoms with Gasteiger partial charge in [-0.2, -0.15) is 0 Å². The minimum atomic E-state index is 0.154. The molecule has 0 aliphatic rings. The maximum Gasteiger partial charge on any atom is 0.198 e. The van der Waals surface area contributed by atoms with Crippen molar-refractivity contribution in [1.29, 1.82) is 0 Å². The number of ketones is 1. The van der Waals surface area contributed by atoms with Crippen molar-refractivity contribution in [2.24, 2.45) is 18.9 Å². The number of hydrogen-bond acceptors (Lipinski definition) is 2. The van der Waals surface area contributed by atoms with Gasteiger partial charge in [0.25, 0.3) is 0 Å². The Morgan fingerprint density at radius 1 is 1.35 bits per heavy atom. The summed E-state index contributed by atoms with van der Waals surface area (Å²) in [5, 5.41) is 0. The molecule has 0 aliphatic carbocycles. The lowest BCUT2D eigenvalue weighted by Gasteiger charge is -2.16. The van der Waals surface area contributed by atoms with Gasteiger partial charge < -0.3 is 4.57 Å². The zero-order chi connectivity index (χ0) is 15.1. The van der Waals surface area contributed by atoms with Gasteiger partial charge in [-0.15, -0.1) is 0 Å². The van der Waals surface area contributed by atoms with Crippen LogP contribution in [0.25, 0.3) is 0 Å². The number of hydrogen-bond donors (Lipinski definition) is 0. The van der Waals surface area contributed by atoms with Crippen LogP contribution in [0.3, 0.4) is 0 Å². The molecule has 3 heteroatoms. The van der Waals surface area contributed by atoms with E-state index in [0.717, 1.165) is 12.8 Å². The summed E-state index contributed by atoms with van der Waals surface area (Å²) in [6, 6.07) is 0. The van der Waals surface area contributed by atoms with E-state index in [0.29, 0.717) is 24.1 Å². The Balaban J connectivity index is 2.36. The predicted octanol–water partition coefficient (Wildman–Crippen LogP) is 4.40. The highest BCUT2D eigenvalue weighted by Gasteiger charge is 2.16. The van der Waals surface area contributed by atoms with Crippen LogP contribution in [0.4, 0.5) is 0 Å². The normalized spacial score (nSPS) is 13.8. The summed E-state index contributed by atoms with van der Waals surface area (Å²) in [6.45, 7) is 8.72. The molecule has 1 aromatic rings. The van der Waals surface area contributed by atoms with Crippen LogP contribution in [0.5, 0.6) is 0 Å². The van der Waals surface area contributed by atoms with Crippen LogP contribution in [0.2, 0.25) is 0 Å². The molecule has 0 amide bonds. The quantitative estimate of drug-likeness (QED) is 0.521. The van der Waals surface area contributed by atoms with Crippen LogP contribution in [0.15, 0.2) is 24.0 Å². The number of nitrogens with zero attached hydrogens (tertiary/aromatic N) is 2. The average molecular weight is 276 g/mol. The monoisotopic (exact) mass is 276 g/mol. The molecule has 0 aromatic carbocycles. The van der Waals surface area contributed by atoms with Crippen molar-refractivity contribution in [3.63, 3.8) is 0 Å². The SMILES string of the molecule is CC(C)=CCC[C@H](C)C[C@@H](C)CC(=O)c1nccn1C. The zero-order valence-corrected chi connectivity index (χ0v) is 13.5. The van der Waals surface area contributed by atoms with E-state index in [1.165, 1.54) is 12.0 Å². The van der Waals surface area contributed by atoms with Crippen LogP contribution in [0.1, 0.15) is 64.0 Å². The maximum atomic E-state index is 12.1. The molecule has 0 saturated heterocycles.